The van der Waals surface area contributed by atoms with Gasteiger partial charge in [0.05, 0.1) is 18.0 Å². The minimum atomic E-state index is -0.944. The van der Waals surface area contributed by atoms with E-state index < -0.39 is 5.97 Å². The topological polar surface area (TPSA) is 76.4 Å². The van der Waals surface area contributed by atoms with E-state index in [0.717, 1.165) is 13.0 Å². The van der Waals surface area contributed by atoms with E-state index >= 15 is 0 Å². The second-order valence-electron chi connectivity index (χ2n) is 4.97. The maximum Gasteiger partial charge on any atom is 0.339 e. The fourth-order valence-corrected chi connectivity index (χ4v) is 2.20. The van der Waals surface area contributed by atoms with Crippen LogP contribution in [0, 0.1) is 0 Å². The number of nitrogens with one attached hydrogen (secondary N) is 1. The molecule has 0 spiro atoms. The third-order valence-electron chi connectivity index (χ3n) is 3.84. The van der Waals surface area contributed by atoms with Crippen LogP contribution in [-0.2, 0) is 18.3 Å². The Morgan fingerprint density at radius 3 is 3.06 bits per heavy atom. The number of hydrogen-bond acceptors (Lipinski definition) is 4. The lowest BCUT2D eigenvalue weighted by Gasteiger charge is -2.29. The molecule has 0 aliphatic carbocycles. The van der Waals surface area contributed by atoms with E-state index in [2.05, 4.69) is 17.3 Å². The molecular weight excluding hydrogens is 234 g/mol. The number of nitrogens with zero attached hydrogens (tertiary/aromatic N) is 2. The lowest BCUT2D eigenvalue weighted by molar-refractivity contribution is 0.0694. The number of carboxylic acids is 1. The maximum atomic E-state index is 11.1. The summed E-state index contributed by atoms with van der Waals surface area (Å²) in [7, 11) is 1.75. The second kappa shape index (κ2) is 4.70. The van der Waals surface area contributed by atoms with Crippen LogP contribution in [0.2, 0.25) is 0 Å². The smallest absolute Gasteiger partial charge is 0.339 e. The van der Waals surface area contributed by atoms with E-state index in [4.69, 9.17) is 9.84 Å². The van der Waals surface area contributed by atoms with Crippen molar-refractivity contribution in [1.82, 2.24) is 15.1 Å². The van der Waals surface area contributed by atoms with Gasteiger partial charge in [-0.15, -0.1) is 0 Å². The molecule has 1 aromatic heterocycles. The Morgan fingerprint density at radius 2 is 2.50 bits per heavy atom. The second-order valence-corrected chi connectivity index (χ2v) is 4.97. The van der Waals surface area contributed by atoms with Crippen molar-refractivity contribution in [1.29, 1.82) is 0 Å². The van der Waals surface area contributed by atoms with Crippen molar-refractivity contribution in [3.05, 3.63) is 17.5 Å². The van der Waals surface area contributed by atoms with Gasteiger partial charge in [0.25, 0.3) is 0 Å². The largest absolute Gasteiger partial charge is 0.478 e. The van der Waals surface area contributed by atoms with Gasteiger partial charge in [0, 0.05) is 25.7 Å². The van der Waals surface area contributed by atoms with Gasteiger partial charge in [-0.25, -0.2) is 4.79 Å². The Balaban J connectivity index is 2.11. The van der Waals surface area contributed by atoms with E-state index in [-0.39, 0.29) is 17.2 Å². The first-order chi connectivity index (χ1) is 8.44. The number of carbonyl (C=O) groups is 1. The monoisotopic (exact) mass is 253 g/mol. The van der Waals surface area contributed by atoms with Gasteiger partial charge < -0.3 is 15.2 Å². The van der Waals surface area contributed by atoms with Gasteiger partial charge in [0.15, 0.2) is 0 Å². The number of aromatic nitrogens is 2. The van der Waals surface area contributed by atoms with Crippen LogP contribution >= 0.6 is 0 Å². The van der Waals surface area contributed by atoms with Gasteiger partial charge in [-0.05, 0) is 20.3 Å². The van der Waals surface area contributed by atoms with Gasteiger partial charge in [-0.3, -0.25) is 4.68 Å². The summed E-state index contributed by atoms with van der Waals surface area (Å²) in [5, 5.41) is 16.5. The zero-order valence-electron chi connectivity index (χ0n) is 10.9. The Bertz CT molecular complexity index is 457. The van der Waals surface area contributed by atoms with Crippen LogP contribution in [0.1, 0.15) is 36.3 Å². The number of hydrogen-bond donors (Lipinski definition) is 2. The molecule has 0 radical (unpaired) electrons. The maximum absolute atomic E-state index is 11.1. The molecule has 18 heavy (non-hydrogen) atoms. The minimum absolute atomic E-state index is 0.111. The summed E-state index contributed by atoms with van der Waals surface area (Å²) in [4.78, 5) is 11.1. The molecule has 100 valence electrons. The van der Waals surface area contributed by atoms with Gasteiger partial charge in [0.1, 0.15) is 5.56 Å². The summed E-state index contributed by atoms with van der Waals surface area (Å²) in [5.41, 5.74) is 0.822. The van der Waals surface area contributed by atoms with Crippen LogP contribution in [-0.4, -0.2) is 39.1 Å². The fraction of sp³-hybridized carbons (Fsp3) is 0.667. The van der Waals surface area contributed by atoms with Crippen LogP contribution in [0.3, 0.4) is 0 Å². The van der Waals surface area contributed by atoms with Crippen molar-refractivity contribution in [3.63, 3.8) is 0 Å². The molecule has 1 aliphatic heterocycles. The highest BCUT2D eigenvalue weighted by atomic mass is 16.5. The number of aryl methyl sites for hydroxylation is 1. The zero-order valence-corrected chi connectivity index (χ0v) is 10.9. The molecule has 2 N–H and O–H groups in total. The highest BCUT2D eigenvalue weighted by molar-refractivity contribution is 5.88. The van der Waals surface area contributed by atoms with E-state index in [9.17, 15) is 4.79 Å². The summed E-state index contributed by atoms with van der Waals surface area (Å²) in [6, 6.07) is 0. The zero-order chi connectivity index (χ0) is 13.3. The van der Waals surface area contributed by atoms with Gasteiger partial charge in [-0.1, -0.05) is 0 Å². The fourth-order valence-electron chi connectivity index (χ4n) is 2.20. The van der Waals surface area contributed by atoms with Crippen molar-refractivity contribution in [3.8, 4) is 0 Å². The van der Waals surface area contributed by atoms with Gasteiger partial charge in [-0.2, -0.15) is 5.10 Å². The highest BCUT2D eigenvalue weighted by Crippen LogP contribution is 2.25. The molecule has 2 rings (SSSR count). The summed E-state index contributed by atoms with van der Waals surface area (Å²) in [6.07, 6.45) is 2.43. The summed E-state index contributed by atoms with van der Waals surface area (Å²) in [6.45, 7) is 5.34. The summed E-state index contributed by atoms with van der Waals surface area (Å²) >= 11 is 0. The van der Waals surface area contributed by atoms with Crippen molar-refractivity contribution in [2.24, 2.45) is 7.05 Å². The number of ether oxygens (including phenoxy) is 1. The predicted molar refractivity (Wildman–Crippen MR) is 65.4 cm³/mol. The lowest BCUT2D eigenvalue weighted by Crippen LogP contribution is -2.47. The van der Waals surface area contributed by atoms with E-state index in [0.29, 0.717) is 12.2 Å². The Morgan fingerprint density at radius 1 is 1.78 bits per heavy atom. The quantitative estimate of drug-likeness (QED) is 0.829. The average molecular weight is 253 g/mol. The number of aromatic carboxylic acids is 1. The molecular formula is C12H19N3O3. The van der Waals surface area contributed by atoms with Crippen LogP contribution < -0.4 is 5.32 Å². The third-order valence-corrected chi connectivity index (χ3v) is 3.84. The molecule has 0 bridgehead atoms. The van der Waals surface area contributed by atoms with Crippen LogP contribution in [0.25, 0.3) is 0 Å². The molecule has 6 nitrogen and oxygen atoms in total. The molecule has 1 saturated heterocycles. The normalized spacial score (nSPS) is 27.6. The summed E-state index contributed by atoms with van der Waals surface area (Å²) in [5.74, 6) is -0.944. The SMILES string of the molecule is CC1OCCC1(C)NCc1c(C(=O)O)cnn1C. The van der Waals surface area contributed by atoms with Crippen molar-refractivity contribution in [2.75, 3.05) is 6.61 Å². The molecule has 2 atom stereocenters. The third kappa shape index (κ3) is 2.26. The Labute approximate surface area is 106 Å². The van der Waals surface area contributed by atoms with Gasteiger partial charge >= 0.3 is 5.97 Å². The number of rotatable bonds is 4. The van der Waals surface area contributed by atoms with Crippen molar-refractivity contribution < 1.29 is 14.6 Å². The van der Waals surface area contributed by atoms with E-state index in [1.54, 1.807) is 11.7 Å². The van der Waals surface area contributed by atoms with Crippen LogP contribution in [0.5, 0.6) is 0 Å². The Hall–Kier alpha value is -1.40. The predicted octanol–water partition coefficient (Wildman–Crippen LogP) is 0.775. The molecule has 6 heteroatoms. The molecule has 0 amide bonds. The molecule has 1 aromatic rings. The van der Waals surface area contributed by atoms with E-state index in [1.807, 2.05) is 6.92 Å². The highest BCUT2D eigenvalue weighted by Gasteiger charge is 2.36. The first-order valence-corrected chi connectivity index (χ1v) is 6.05. The van der Waals surface area contributed by atoms with Crippen molar-refractivity contribution >= 4 is 5.97 Å². The lowest BCUT2D eigenvalue weighted by atomic mass is 9.94. The molecule has 2 heterocycles. The average Bonchev–Trinajstić information content (AvgIpc) is 2.82. The number of carboxylic acid groups (broad SMARTS) is 1. The van der Waals surface area contributed by atoms with E-state index in [1.165, 1.54) is 6.20 Å². The molecule has 1 aliphatic rings. The minimum Gasteiger partial charge on any atom is -0.478 e. The van der Waals surface area contributed by atoms with Crippen LogP contribution in [0.15, 0.2) is 6.20 Å². The molecule has 0 aromatic carbocycles. The summed E-state index contributed by atoms with van der Waals surface area (Å²) < 4.78 is 7.14. The van der Waals surface area contributed by atoms with Crippen LogP contribution in [0.4, 0.5) is 0 Å². The van der Waals surface area contributed by atoms with Crippen molar-refractivity contribution in [2.45, 2.75) is 38.5 Å². The standard InChI is InChI=1S/C12H19N3O3/c1-8-12(2,4-5-18-8)13-7-10-9(11(16)17)6-14-15(10)3/h6,8,13H,4-5,7H2,1-3H3,(H,16,17). The first-order valence-electron chi connectivity index (χ1n) is 6.05. The first kappa shape index (κ1) is 13.0. The Kier molecular flexibility index (Phi) is 3.41. The molecule has 2 unspecified atom stereocenters. The molecule has 0 saturated carbocycles. The van der Waals surface area contributed by atoms with Gasteiger partial charge in [0.2, 0.25) is 0 Å². The molecule has 1 fully saturated rings.